The van der Waals surface area contributed by atoms with Crippen LogP contribution >= 0.6 is 34.5 Å². The second kappa shape index (κ2) is 8.03. The molecule has 5 nitrogen and oxygen atoms in total. The molecule has 0 aliphatic carbocycles. The van der Waals surface area contributed by atoms with Gasteiger partial charge in [-0.1, -0.05) is 23.2 Å². The lowest BCUT2D eigenvalue weighted by Crippen LogP contribution is -2.46. The van der Waals surface area contributed by atoms with Gasteiger partial charge < -0.3 is 14.4 Å². The first kappa shape index (κ1) is 19.0. The molecule has 0 N–H and O–H groups in total. The number of hydrogen-bond donors (Lipinski definition) is 0. The SMILES string of the molecule is Clc1ccc(N2CCN(Cc3csc(-c4ccc5c(c4)OCO5)n3)CC2)cc1Cl. The minimum absolute atomic E-state index is 0.288. The monoisotopic (exact) mass is 447 g/mol. The van der Waals surface area contributed by atoms with Crippen molar-refractivity contribution in [3.63, 3.8) is 0 Å². The molecule has 2 aliphatic rings. The fraction of sp³-hybridized carbons (Fsp3) is 0.286. The molecule has 0 atom stereocenters. The quantitative estimate of drug-likeness (QED) is 0.551. The van der Waals surface area contributed by atoms with Crippen molar-refractivity contribution >= 4 is 40.2 Å². The Bertz CT molecular complexity index is 1030. The molecule has 2 aliphatic heterocycles. The molecule has 0 spiro atoms. The molecule has 8 heteroatoms. The van der Waals surface area contributed by atoms with Gasteiger partial charge in [0, 0.05) is 49.4 Å². The highest BCUT2D eigenvalue weighted by atomic mass is 35.5. The Hall–Kier alpha value is -1.99. The molecule has 150 valence electrons. The first-order valence-electron chi connectivity index (χ1n) is 9.42. The number of hydrogen-bond acceptors (Lipinski definition) is 6. The summed E-state index contributed by atoms with van der Waals surface area (Å²) in [5, 5.41) is 4.35. The number of piperazine rings is 1. The van der Waals surface area contributed by atoms with Gasteiger partial charge in [0.15, 0.2) is 11.5 Å². The standard InChI is InChI=1S/C21H19Cl2N3O2S/c22-17-3-2-16(10-18(17)23)26-7-5-25(6-8-26)11-15-12-29-21(24-15)14-1-4-19-20(9-14)28-13-27-19/h1-4,9-10,12H,5-8,11,13H2. The zero-order chi connectivity index (χ0) is 19.8. The predicted molar refractivity (Wildman–Crippen MR) is 118 cm³/mol. The van der Waals surface area contributed by atoms with Gasteiger partial charge in [-0.15, -0.1) is 11.3 Å². The molecule has 3 heterocycles. The number of benzene rings is 2. The summed E-state index contributed by atoms with van der Waals surface area (Å²) in [6.07, 6.45) is 0. The van der Waals surface area contributed by atoms with Crippen molar-refractivity contribution in [1.82, 2.24) is 9.88 Å². The fourth-order valence-electron chi connectivity index (χ4n) is 3.62. The van der Waals surface area contributed by atoms with Crippen LogP contribution in [0.15, 0.2) is 41.8 Å². The van der Waals surface area contributed by atoms with Crippen LogP contribution in [0.25, 0.3) is 10.6 Å². The average molecular weight is 448 g/mol. The lowest BCUT2D eigenvalue weighted by Gasteiger charge is -2.35. The maximum absolute atomic E-state index is 6.16. The van der Waals surface area contributed by atoms with Crippen LogP contribution in [0.2, 0.25) is 10.0 Å². The Morgan fingerprint density at radius 3 is 2.59 bits per heavy atom. The molecule has 2 aromatic carbocycles. The number of nitrogens with zero attached hydrogens (tertiary/aromatic N) is 3. The third-order valence-corrected chi connectivity index (χ3v) is 6.88. The first-order valence-corrected chi connectivity index (χ1v) is 11.1. The van der Waals surface area contributed by atoms with Crippen molar-refractivity contribution in [2.24, 2.45) is 0 Å². The smallest absolute Gasteiger partial charge is 0.231 e. The average Bonchev–Trinajstić information content (AvgIpc) is 3.39. The summed E-state index contributed by atoms with van der Waals surface area (Å²) >= 11 is 13.9. The first-order chi connectivity index (χ1) is 14.2. The van der Waals surface area contributed by atoms with Gasteiger partial charge in [-0.2, -0.15) is 0 Å². The number of rotatable bonds is 4. The second-order valence-corrected chi connectivity index (χ2v) is 8.75. The van der Waals surface area contributed by atoms with E-state index in [1.54, 1.807) is 11.3 Å². The van der Waals surface area contributed by atoms with Crippen molar-refractivity contribution in [1.29, 1.82) is 0 Å². The zero-order valence-electron chi connectivity index (χ0n) is 15.6. The fourth-order valence-corrected chi connectivity index (χ4v) is 4.72. The summed E-state index contributed by atoms with van der Waals surface area (Å²) in [6.45, 7) is 5.02. The van der Waals surface area contributed by atoms with Gasteiger partial charge >= 0.3 is 0 Å². The lowest BCUT2D eigenvalue weighted by atomic mass is 10.2. The van der Waals surface area contributed by atoms with Crippen LogP contribution in [0.5, 0.6) is 11.5 Å². The van der Waals surface area contributed by atoms with Crippen molar-refractivity contribution in [3.05, 3.63) is 57.5 Å². The molecule has 1 aromatic heterocycles. The third kappa shape index (κ3) is 4.03. The molecule has 0 bridgehead atoms. The van der Waals surface area contributed by atoms with E-state index >= 15 is 0 Å². The molecule has 0 amide bonds. The summed E-state index contributed by atoms with van der Waals surface area (Å²) < 4.78 is 10.9. The Kier molecular flexibility index (Phi) is 5.26. The predicted octanol–water partition coefficient (Wildman–Crippen LogP) is 5.17. The van der Waals surface area contributed by atoms with E-state index in [0.717, 1.165) is 66.2 Å². The van der Waals surface area contributed by atoms with E-state index in [9.17, 15) is 0 Å². The molecule has 3 aromatic rings. The van der Waals surface area contributed by atoms with E-state index in [2.05, 4.69) is 15.2 Å². The van der Waals surface area contributed by atoms with Gasteiger partial charge in [-0.25, -0.2) is 4.98 Å². The Balaban J connectivity index is 1.21. The molecule has 29 heavy (non-hydrogen) atoms. The van der Waals surface area contributed by atoms with Crippen LogP contribution in [0.3, 0.4) is 0 Å². The maximum atomic E-state index is 6.16. The molecule has 0 unspecified atom stereocenters. The van der Waals surface area contributed by atoms with Gasteiger partial charge in [-0.05, 0) is 36.4 Å². The Labute approximate surface area is 183 Å². The van der Waals surface area contributed by atoms with Crippen LogP contribution in [0.4, 0.5) is 5.69 Å². The number of ether oxygens (including phenoxy) is 2. The van der Waals surface area contributed by atoms with Crippen molar-refractivity contribution < 1.29 is 9.47 Å². The molecule has 0 saturated carbocycles. The van der Waals surface area contributed by atoms with Crippen LogP contribution in [-0.4, -0.2) is 42.9 Å². The number of thiazole rings is 1. The number of fused-ring (bicyclic) bond motifs is 1. The summed E-state index contributed by atoms with van der Waals surface area (Å²) in [4.78, 5) is 9.62. The largest absolute Gasteiger partial charge is 0.454 e. The maximum Gasteiger partial charge on any atom is 0.231 e. The van der Waals surface area contributed by atoms with Gasteiger partial charge in [-0.3, -0.25) is 4.90 Å². The Morgan fingerprint density at radius 1 is 0.931 bits per heavy atom. The zero-order valence-corrected chi connectivity index (χ0v) is 17.9. The Morgan fingerprint density at radius 2 is 1.76 bits per heavy atom. The minimum Gasteiger partial charge on any atom is -0.454 e. The second-order valence-electron chi connectivity index (χ2n) is 7.07. The minimum atomic E-state index is 0.288. The summed E-state index contributed by atoms with van der Waals surface area (Å²) in [5.74, 6) is 1.59. The molecule has 1 saturated heterocycles. The van der Waals surface area contributed by atoms with Crippen LogP contribution < -0.4 is 14.4 Å². The van der Waals surface area contributed by atoms with E-state index in [1.165, 1.54) is 0 Å². The van der Waals surface area contributed by atoms with Crippen molar-refractivity contribution in [2.75, 3.05) is 37.9 Å². The van der Waals surface area contributed by atoms with Crippen molar-refractivity contribution in [3.8, 4) is 22.1 Å². The van der Waals surface area contributed by atoms with Gasteiger partial charge in [0.2, 0.25) is 6.79 Å². The number of aromatic nitrogens is 1. The highest BCUT2D eigenvalue weighted by Gasteiger charge is 2.20. The third-order valence-electron chi connectivity index (χ3n) is 5.20. The lowest BCUT2D eigenvalue weighted by molar-refractivity contribution is 0.174. The number of halogens is 2. The normalized spacial score (nSPS) is 16.4. The molecular formula is C21H19Cl2N3O2S. The van der Waals surface area contributed by atoms with Crippen LogP contribution in [0, 0.1) is 0 Å². The highest BCUT2D eigenvalue weighted by molar-refractivity contribution is 7.13. The molecule has 5 rings (SSSR count). The topological polar surface area (TPSA) is 37.8 Å². The summed E-state index contributed by atoms with van der Waals surface area (Å²) in [7, 11) is 0. The highest BCUT2D eigenvalue weighted by Crippen LogP contribution is 2.37. The molecule has 1 fully saturated rings. The molecular weight excluding hydrogens is 429 g/mol. The van der Waals surface area contributed by atoms with Gasteiger partial charge in [0.25, 0.3) is 0 Å². The van der Waals surface area contributed by atoms with E-state index < -0.39 is 0 Å². The summed E-state index contributed by atoms with van der Waals surface area (Å²) in [5.41, 5.74) is 3.29. The van der Waals surface area contributed by atoms with E-state index in [4.69, 9.17) is 37.7 Å². The van der Waals surface area contributed by atoms with E-state index in [1.807, 2.05) is 36.4 Å². The molecule has 0 radical (unpaired) electrons. The van der Waals surface area contributed by atoms with E-state index in [-0.39, 0.29) is 6.79 Å². The van der Waals surface area contributed by atoms with E-state index in [0.29, 0.717) is 10.0 Å². The van der Waals surface area contributed by atoms with Crippen molar-refractivity contribution in [2.45, 2.75) is 6.54 Å². The van der Waals surface area contributed by atoms with Crippen LogP contribution in [-0.2, 0) is 6.54 Å². The van der Waals surface area contributed by atoms with Gasteiger partial charge in [0.05, 0.1) is 15.7 Å². The number of anilines is 1. The van der Waals surface area contributed by atoms with Crippen LogP contribution in [0.1, 0.15) is 5.69 Å². The summed E-state index contributed by atoms with van der Waals surface area (Å²) in [6, 6.07) is 11.8. The van der Waals surface area contributed by atoms with Gasteiger partial charge in [0.1, 0.15) is 5.01 Å².